The lowest BCUT2D eigenvalue weighted by Crippen LogP contribution is -2.06. The van der Waals surface area contributed by atoms with E-state index in [9.17, 15) is 4.79 Å². The smallest absolute Gasteiger partial charge is 0.194 e. The molecule has 2 aromatic carbocycles. The van der Waals surface area contributed by atoms with Crippen molar-refractivity contribution < 1.29 is 4.79 Å². The highest BCUT2D eigenvalue weighted by atomic mass is 127. The normalized spacial score (nSPS) is 10.6. The molecule has 0 amide bonds. The summed E-state index contributed by atoms with van der Waals surface area (Å²) >= 11 is 5.68. The van der Waals surface area contributed by atoms with Crippen molar-refractivity contribution in [3.05, 3.63) is 66.2 Å². The molecule has 19 heavy (non-hydrogen) atoms. The second kappa shape index (κ2) is 5.75. The molecule has 0 aliphatic rings. The molecule has 0 saturated heterocycles. The molecule has 1 nitrogen and oxygen atoms in total. The molecule has 2 aromatic rings. The summed E-state index contributed by atoms with van der Waals surface area (Å²) in [5.74, 6) is 0.0750. The Bertz CT molecular complexity index is 662. The molecule has 0 atom stereocenters. The molecule has 0 N–H and O–H groups in total. The van der Waals surface area contributed by atoms with Crippen molar-refractivity contribution >= 4 is 44.3 Å². The number of halogens is 2. The molecule has 2 rings (SSSR count). The zero-order valence-corrected chi connectivity index (χ0v) is 14.8. The van der Waals surface area contributed by atoms with Gasteiger partial charge in [-0.25, -0.2) is 0 Å². The predicted octanol–water partition coefficient (Wildman–Crippen LogP) is 5.21. The Kier molecular flexibility index (Phi) is 4.46. The maximum Gasteiger partial charge on any atom is 0.194 e. The van der Waals surface area contributed by atoms with Crippen molar-refractivity contribution in [2.24, 2.45) is 0 Å². The van der Waals surface area contributed by atoms with Crippen LogP contribution in [0.3, 0.4) is 0 Å². The maximum absolute atomic E-state index is 12.7. The molecular formula is C16H14BrIO. The van der Waals surface area contributed by atoms with Crippen molar-refractivity contribution in [2.75, 3.05) is 0 Å². The van der Waals surface area contributed by atoms with Gasteiger partial charge in [-0.05, 0) is 84.3 Å². The lowest BCUT2D eigenvalue weighted by atomic mass is 9.95. The van der Waals surface area contributed by atoms with Crippen LogP contribution in [0.25, 0.3) is 0 Å². The van der Waals surface area contributed by atoms with Gasteiger partial charge in [0.25, 0.3) is 0 Å². The van der Waals surface area contributed by atoms with Crippen LogP contribution < -0.4 is 0 Å². The maximum atomic E-state index is 12.7. The highest BCUT2D eigenvalue weighted by Gasteiger charge is 2.16. The van der Waals surface area contributed by atoms with Gasteiger partial charge in [0.2, 0.25) is 0 Å². The Hall–Kier alpha value is -0.680. The number of ketones is 1. The molecular weight excluding hydrogens is 415 g/mol. The van der Waals surface area contributed by atoms with E-state index >= 15 is 0 Å². The van der Waals surface area contributed by atoms with Crippen LogP contribution >= 0.6 is 38.5 Å². The molecule has 0 saturated carbocycles. The van der Waals surface area contributed by atoms with Crippen LogP contribution in [0.1, 0.15) is 32.6 Å². The van der Waals surface area contributed by atoms with Crippen molar-refractivity contribution in [1.29, 1.82) is 0 Å². The van der Waals surface area contributed by atoms with Crippen LogP contribution in [0.2, 0.25) is 0 Å². The SMILES string of the molecule is Cc1cc(C)c(C(=O)c2cc(I)ccc2Br)cc1C. The fourth-order valence-corrected chi connectivity index (χ4v) is 2.94. The fraction of sp³-hybridized carbons (Fsp3) is 0.188. The van der Waals surface area contributed by atoms with Crippen molar-refractivity contribution in [3.63, 3.8) is 0 Å². The van der Waals surface area contributed by atoms with Gasteiger partial charge >= 0.3 is 0 Å². The molecule has 0 heterocycles. The third-order valence-electron chi connectivity index (χ3n) is 3.26. The van der Waals surface area contributed by atoms with Crippen LogP contribution in [-0.4, -0.2) is 5.78 Å². The molecule has 0 unspecified atom stereocenters. The van der Waals surface area contributed by atoms with E-state index in [1.165, 1.54) is 5.56 Å². The number of carbonyl (C=O) groups is 1. The quantitative estimate of drug-likeness (QED) is 0.474. The highest BCUT2D eigenvalue weighted by Crippen LogP contribution is 2.25. The molecule has 0 aromatic heterocycles. The lowest BCUT2D eigenvalue weighted by Gasteiger charge is -2.10. The molecule has 0 spiro atoms. The molecule has 3 heteroatoms. The van der Waals surface area contributed by atoms with Gasteiger partial charge in [-0.2, -0.15) is 0 Å². The summed E-state index contributed by atoms with van der Waals surface area (Å²) in [6.45, 7) is 6.09. The number of hydrogen-bond donors (Lipinski definition) is 0. The molecule has 0 fully saturated rings. The average molecular weight is 429 g/mol. The van der Waals surface area contributed by atoms with E-state index in [0.717, 1.165) is 30.3 Å². The lowest BCUT2D eigenvalue weighted by molar-refractivity contribution is 0.103. The molecule has 0 bridgehead atoms. The summed E-state index contributed by atoms with van der Waals surface area (Å²) in [6, 6.07) is 9.88. The Morgan fingerprint density at radius 1 is 0.947 bits per heavy atom. The van der Waals surface area contributed by atoms with Crippen LogP contribution in [-0.2, 0) is 0 Å². The van der Waals surface area contributed by atoms with Gasteiger partial charge in [-0.15, -0.1) is 0 Å². The van der Waals surface area contributed by atoms with Gasteiger partial charge in [-0.1, -0.05) is 22.0 Å². The highest BCUT2D eigenvalue weighted by molar-refractivity contribution is 14.1. The van der Waals surface area contributed by atoms with Gasteiger partial charge in [0.15, 0.2) is 5.78 Å². The van der Waals surface area contributed by atoms with E-state index in [4.69, 9.17) is 0 Å². The van der Waals surface area contributed by atoms with Crippen molar-refractivity contribution in [3.8, 4) is 0 Å². The summed E-state index contributed by atoms with van der Waals surface area (Å²) in [4.78, 5) is 12.7. The van der Waals surface area contributed by atoms with E-state index in [-0.39, 0.29) is 5.78 Å². The first-order valence-corrected chi connectivity index (χ1v) is 7.85. The molecule has 0 aliphatic carbocycles. The van der Waals surface area contributed by atoms with Gasteiger partial charge in [0.05, 0.1) is 0 Å². The second-order valence-corrected chi connectivity index (χ2v) is 6.80. The molecule has 98 valence electrons. The Balaban J connectivity index is 2.56. The van der Waals surface area contributed by atoms with E-state index in [0.29, 0.717) is 0 Å². The minimum Gasteiger partial charge on any atom is -0.289 e. The minimum absolute atomic E-state index is 0.0750. The monoisotopic (exact) mass is 428 g/mol. The van der Waals surface area contributed by atoms with Gasteiger partial charge in [0.1, 0.15) is 0 Å². The number of aryl methyl sites for hydroxylation is 3. The summed E-state index contributed by atoms with van der Waals surface area (Å²) in [7, 11) is 0. The zero-order valence-electron chi connectivity index (χ0n) is 11.1. The van der Waals surface area contributed by atoms with E-state index in [2.05, 4.69) is 51.5 Å². The molecule has 0 aliphatic heterocycles. The Labute approximate surface area is 135 Å². The van der Waals surface area contributed by atoms with Gasteiger partial charge in [0, 0.05) is 19.2 Å². The number of benzene rings is 2. The zero-order chi connectivity index (χ0) is 14.2. The summed E-state index contributed by atoms with van der Waals surface area (Å²) in [5.41, 5.74) is 4.90. The van der Waals surface area contributed by atoms with Crippen molar-refractivity contribution in [1.82, 2.24) is 0 Å². The van der Waals surface area contributed by atoms with E-state index < -0.39 is 0 Å². The summed E-state index contributed by atoms with van der Waals surface area (Å²) in [6.07, 6.45) is 0. The third-order valence-corrected chi connectivity index (χ3v) is 4.62. The average Bonchev–Trinajstić information content (AvgIpc) is 2.36. The van der Waals surface area contributed by atoms with Gasteiger partial charge < -0.3 is 0 Å². The Morgan fingerprint density at radius 3 is 2.26 bits per heavy atom. The van der Waals surface area contributed by atoms with Crippen LogP contribution in [0.5, 0.6) is 0 Å². The van der Waals surface area contributed by atoms with E-state index in [1.807, 2.05) is 38.1 Å². The van der Waals surface area contributed by atoms with Gasteiger partial charge in [-0.3, -0.25) is 4.79 Å². The second-order valence-electron chi connectivity index (χ2n) is 4.70. The first kappa shape index (κ1) is 14.7. The predicted molar refractivity (Wildman–Crippen MR) is 90.9 cm³/mol. The number of carbonyl (C=O) groups excluding carboxylic acids is 1. The topological polar surface area (TPSA) is 17.1 Å². The van der Waals surface area contributed by atoms with Crippen LogP contribution in [0.15, 0.2) is 34.8 Å². The summed E-state index contributed by atoms with van der Waals surface area (Å²) < 4.78 is 1.90. The van der Waals surface area contributed by atoms with E-state index in [1.54, 1.807) is 0 Å². The Morgan fingerprint density at radius 2 is 1.58 bits per heavy atom. The standard InChI is InChI=1S/C16H14BrIO/c1-9-6-11(3)13(7-10(9)2)16(19)14-8-12(18)4-5-15(14)17/h4-8H,1-3H3. The van der Waals surface area contributed by atoms with Crippen LogP contribution in [0.4, 0.5) is 0 Å². The third kappa shape index (κ3) is 3.08. The first-order valence-electron chi connectivity index (χ1n) is 5.97. The number of hydrogen-bond acceptors (Lipinski definition) is 1. The minimum atomic E-state index is 0.0750. The van der Waals surface area contributed by atoms with Crippen molar-refractivity contribution in [2.45, 2.75) is 20.8 Å². The number of rotatable bonds is 2. The largest absolute Gasteiger partial charge is 0.289 e. The fourth-order valence-electron chi connectivity index (χ4n) is 2.02. The van der Waals surface area contributed by atoms with Crippen LogP contribution in [0, 0.1) is 24.3 Å². The first-order chi connectivity index (χ1) is 8.90. The molecule has 0 radical (unpaired) electrons. The summed E-state index contributed by atoms with van der Waals surface area (Å²) in [5, 5.41) is 0.